The summed E-state index contributed by atoms with van der Waals surface area (Å²) in [5, 5.41) is 4.62. The third-order valence-electron chi connectivity index (χ3n) is 3.66. The van der Waals surface area contributed by atoms with Crippen LogP contribution in [-0.4, -0.2) is 14.3 Å². The summed E-state index contributed by atoms with van der Waals surface area (Å²) in [6.45, 7) is 0. The van der Waals surface area contributed by atoms with E-state index < -0.39 is 9.84 Å². The Bertz CT molecular complexity index is 954. The molecule has 3 rings (SSSR count). The predicted octanol–water partition coefficient (Wildman–Crippen LogP) is 2.85. The Balaban J connectivity index is 1.94. The molecule has 5 N–H and O–H groups in total. The van der Waals surface area contributed by atoms with Crippen molar-refractivity contribution >= 4 is 37.7 Å². The first-order valence-electron chi connectivity index (χ1n) is 7.07. The van der Waals surface area contributed by atoms with E-state index in [1.807, 2.05) is 24.3 Å². The first-order chi connectivity index (χ1) is 11.0. The van der Waals surface area contributed by atoms with Gasteiger partial charge in [0.15, 0.2) is 9.84 Å². The Kier molecular flexibility index (Phi) is 3.83. The number of fused-ring (bicyclic) bond motifs is 1. The van der Waals surface area contributed by atoms with E-state index in [4.69, 9.17) is 11.5 Å². The summed E-state index contributed by atoms with van der Waals surface area (Å²) in [5.74, 6) is -0.274. The molecule has 3 aromatic rings. The van der Waals surface area contributed by atoms with E-state index >= 15 is 0 Å². The zero-order valence-electron chi connectivity index (χ0n) is 12.4. The molecule has 0 saturated heterocycles. The monoisotopic (exact) mass is 327 g/mol. The molecule has 0 atom stereocenters. The molecule has 0 aromatic heterocycles. The second-order valence-corrected chi connectivity index (χ2v) is 7.21. The molecule has 0 saturated carbocycles. The van der Waals surface area contributed by atoms with Crippen LogP contribution in [0.3, 0.4) is 0 Å². The number of benzene rings is 3. The summed E-state index contributed by atoms with van der Waals surface area (Å²) in [7, 11) is -3.47. The summed E-state index contributed by atoms with van der Waals surface area (Å²) in [5.41, 5.74) is 13.5. The highest BCUT2D eigenvalue weighted by atomic mass is 32.2. The second kappa shape index (κ2) is 5.81. The van der Waals surface area contributed by atoms with Crippen LogP contribution in [0, 0.1) is 0 Å². The van der Waals surface area contributed by atoms with Crippen molar-refractivity contribution in [3.8, 4) is 0 Å². The molecular weight excluding hydrogens is 310 g/mol. The maximum Gasteiger partial charge on any atom is 0.196 e. The Labute approximate surface area is 134 Å². The molecule has 0 bridgehead atoms. The van der Waals surface area contributed by atoms with Gasteiger partial charge in [-0.15, -0.1) is 0 Å². The number of hydrogen-bond acceptors (Lipinski definition) is 5. The highest BCUT2D eigenvalue weighted by Crippen LogP contribution is 2.34. The molecule has 0 amide bonds. The fourth-order valence-corrected chi connectivity index (χ4v) is 3.55. The van der Waals surface area contributed by atoms with Crippen molar-refractivity contribution < 1.29 is 8.42 Å². The Morgan fingerprint density at radius 1 is 0.913 bits per heavy atom. The molecule has 0 aliphatic carbocycles. The Hall–Kier alpha value is -2.73. The fraction of sp³-hybridized carbons (Fsp3) is 0.0588. The van der Waals surface area contributed by atoms with E-state index in [1.165, 1.54) is 0 Å². The fourth-order valence-electron chi connectivity index (χ4n) is 2.47. The minimum atomic E-state index is -3.47. The van der Waals surface area contributed by atoms with Gasteiger partial charge in [0.1, 0.15) is 5.88 Å². The highest BCUT2D eigenvalue weighted by Gasteiger charge is 2.16. The van der Waals surface area contributed by atoms with Gasteiger partial charge in [-0.25, -0.2) is 8.42 Å². The van der Waals surface area contributed by atoms with Crippen LogP contribution in [0.4, 0.5) is 17.1 Å². The van der Waals surface area contributed by atoms with Crippen LogP contribution in [0.1, 0.15) is 0 Å². The number of nitrogens with one attached hydrogen (secondary N) is 1. The molecule has 3 aromatic carbocycles. The lowest BCUT2D eigenvalue weighted by atomic mass is 10.1. The molecule has 0 aliphatic rings. The van der Waals surface area contributed by atoms with E-state index in [0.717, 1.165) is 10.8 Å². The van der Waals surface area contributed by atoms with Crippen LogP contribution >= 0.6 is 0 Å². The lowest BCUT2D eigenvalue weighted by molar-refractivity contribution is 0.598. The van der Waals surface area contributed by atoms with Gasteiger partial charge in [-0.1, -0.05) is 42.5 Å². The lowest BCUT2D eigenvalue weighted by Gasteiger charge is -2.15. The number of sulfone groups is 1. The van der Waals surface area contributed by atoms with Gasteiger partial charge in [-0.3, -0.25) is 0 Å². The highest BCUT2D eigenvalue weighted by molar-refractivity contribution is 7.91. The maximum atomic E-state index is 12.3. The Morgan fingerprint density at radius 3 is 2.30 bits per heavy atom. The van der Waals surface area contributed by atoms with Gasteiger partial charge in [0.25, 0.3) is 0 Å². The van der Waals surface area contributed by atoms with Crippen molar-refractivity contribution in [2.24, 2.45) is 0 Å². The normalized spacial score (nSPS) is 11.5. The molecule has 0 fully saturated rings. The van der Waals surface area contributed by atoms with E-state index in [2.05, 4.69) is 5.32 Å². The maximum absolute atomic E-state index is 12.3. The van der Waals surface area contributed by atoms with Crippen molar-refractivity contribution in [3.05, 3.63) is 60.7 Å². The zero-order valence-corrected chi connectivity index (χ0v) is 13.2. The summed E-state index contributed by atoms with van der Waals surface area (Å²) in [6, 6.07) is 17.6. The minimum absolute atomic E-state index is 0.255. The summed E-state index contributed by atoms with van der Waals surface area (Å²) >= 11 is 0. The first kappa shape index (κ1) is 15.2. The first-order valence-corrected chi connectivity index (χ1v) is 8.72. The van der Waals surface area contributed by atoms with Gasteiger partial charge in [0.05, 0.1) is 22.0 Å². The number of hydrogen-bond donors (Lipinski definition) is 3. The molecule has 0 heterocycles. The SMILES string of the molecule is Nc1cc2ccccc2c(N)c1NCS(=O)(=O)c1ccccc1. The standard InChI is InChI=1S/C17H17N3O2S/c18-15-10-12-6-4-5-9-14(12)16(19)17(15)20-11-23(21,22)13-7-2-1-3-8-13/h1-10,20H,11,18-19H2. The number of nitrogen functional groups attached to an aromatic ring is 2. The average Bonchev–Trinajstić information content (AvgIpc) is 2.55. The van der Waals surface area contributed by atoms with E-state index in [0.29, 0.717) is 17.1 Å². The molecular formula is C17H17N3O2S. The molecule has 0 unspecified atom stereocenters. The largest absolute Gasteiger partial charge is 0.397 e. The third-order valence-corrected chi connectivity index (χ3v) is 5.18. The number of anilines is 3. The molecule has 0 spiro atoms. The van der Waals surface area contributed by atoms with Crippen molar-refractivity contribution in [2.45, 2.75) is 4.90 Å². The molecule has 5 nitrogen and oxygen atoms in total. The quantitative estimate of drug-likeness (QED) is 0.640. The second-order valence-electron chi connectivity index (χ2n) is 5.22. The minimum Gasteiger partial charge on any atom is -0.397 e. The van der Waals surface area contributed by atoms with Crippen molar-refractivity contribution in [2.75, 3.05) is 22.7 Å². The summed E-state index contributed by atoms with van der Waals surface area (Å²) < 4.78 is 24.7. The molecule has 23 heavy (non-hydrogen) atoms. The van der Waals surface area contributed by atoms with Crippen LogP contribution < -0.4 is 16.8 Å². The van der Waals surface area contributed by atoms with Crippen LogP contribution in [-0.2, 0) is 9.84 Å². The van der Waals surface area contributed by atoms with Crippen LogP contribution in [0.5, 0.6) is 0 Å². The lowest BCUT2D eigenvalue weighted by Crippen LogP contribution is -2.16. The molecule has 0 aliphatic heterocycles. The molecule has 118 valence electrons. The van der Waals surface area contributed by atoms with Gasteiger partial charge in [-0.05, 0) is 23.6 Å². The van der Waals surface area contributed by atoms with Crippen LogP contribution in [0.15, 0.2) is 65.6 Å². The summed E-state index contributed by atoms with van der Waals surface area (Å²) in [4.78, 5) is 0.255. The van der Waals surface area contributed by atoms with Gasteiger partial charge < -0.3 is 16.8 Å². The smallest absolute Gasteiger partial charge is 0.196 e. The van der Waals surface area contributed by atoms with Crippen LogP contribution in [0.2, 0.25) is 0 Å². The summed E-state index contributed by atoms with van der Waals surface area (Å²) in [6.07, 6.45) is 0. The van der Waals surface area contributed by atoms with Gasteiger partial charge in [0, 0.05) is 5.39 Å². The molecule has 0 radical (unpaired) electrons. The number of nitrogens with two attached hydrogens (primary N) is 2. The van der Waals surface area contributed by atoms with Gasteiger partial charge >= 0.3 is 0 Å². The molecule has 6 heteroatoms. The topological polar surface area (TPSA) is 98.2 Å². The number of rotatable bonds is 4. The van der Waals surface area contributed by atoms with Crippen molar-refractivity contribution in [1.82, 2.24) is 0 Å². The predicted molar refractivity (Wildman–Crippen MR) is 94.9 cm³/mol. The van der Waals surface area contributed by atoms with E-state index in [9.17, 15) is 8.42 Å². The van der Waals surface area contributed by atoms with Crippen molar-refractivity contribution in [1.29, 1.82) is 0 Å². The Morgan fingerprint density at radius 2 is 1.57 bits per heavy atom. The average molecular weight is 327 g/mol. The van der Waals surface area contributed by atoms with E-state index in [-0.39, 0.29) is 10.8 Å². The van der Waals surface area contributed by atoms with Gasteiger partial charge in [0.2, 0.25) is 0 Å². The van der Waals surface area contributed by atoms with Gasteiger partial charge in [-0.2, -0.15) is 0 Å². The van der Waals surface area contributed by atoms with Crippen molar-refractivity contribution in [3.63, 3.8) is 0 Å². The zero-order chi connectivity index (χ0) is 16.4. The van der Waals surface area contributed by atoms with Crippen LogP contribution in [0.25, 0.3) is 10.8 Å². The third kappa shape index (κ3) is 2.93. The van der Waals surface area contributed by atoms with E-state index in [1.54, 1.807) is 36.4 Å².